The van der Waals surface area contributed by atoms with Crippen molar-refractivity contribution in [1.82, 2.24) is 9.97 Å². The van der Waals surface area contributed by atoms with Gasteiger partial charge in [-0.15, -0.1) is 0 Å². The third-order valence-corrected chi connectivity index (χ3v) is 2.93. The average molecular weight is 267 g/mol. The first-order chi connectivity index (χ1) is 9.65. The summed E-state index contributed by atoms with van der Waals surface area (Å²) < 4.78 is 0. The molecule has 1 N–H and O–H groups in total. The molecule has 0 radical (unpaired) electrons. The second-order valence-corrected chi connectivity index (χ2v) is 4.24. The molecule has 3 rings (SSSR count). The van der Waals surface area contributed by atoms with Gasteiger partial charge in [-0.25, -0.2) is 4.98 Å². The Hall–Kier alpha value is -3.02. The molecule has 0 atom stereocenters. The highest BCUT2D eigenvalue weighted by atomic mass is 16.6. The van der Waals surface area contributed by atoms with Crippen LogP contribution >= 0.6 is 0 Å². The van der Waals surface area contributed by atoms with Crippen LogP contribution in [0.25, 0.3) is 22.3 Å². The average Bonchev–Trinajstić information content (AvgIpc) is 2.46. The van der Waals surface area contributed by atoms with Crippen LogP contribution in [-0.2, 0) is 0 Å². The van der Waals surface area contributed by atoms with Gasteiger partial charge in [-0.2, -0.15) is 0 Å². The number of rotatable bonds is 2. The minimum atomic E-state index is -0.511. The molecule has 98 valence electrons. The van der Waals surface area contributed by atoms with E-state index in [1.165, 1.54) is 18.2 Å². The Morgan fingerprint density at radius 3 is 2.55 bits per heavy atom. The van der Waals surface area contributed by atoms with Gasteiger partial charge in [0.1, 0.15) is 5.69 Å². The summed E-state index contributed by atoms with van der Waals surface area (Å²) in [5.41, 5.74) is 1.41. The zero-order chi connectivity index (χ0) is 14.1. The van der Waals surface area contributed by atoms with Gasteiger partial charge in [0, 0.05) is 17.7 Å². The van der Waals surface area contributed by atoms with Crippen LogP contribution in [0.4, 0.5) is 5.69 Å². The van der Waals surface area contributed by atoms with Crippen molar-refractivity contribution in [3.05, 3.63) is 69.0 Å². The monoisotopic (exact) mass is 267 g/mol. The summed E-state index contributed by atoms with van der Waals surface area (Å²) in [6.07, 6.45) is 0. The summed E-state index contributed by atoms with van der Waals surface area (Å²) in [6, 6.07) is 13.2. The number of hydrogen-bond acceptors (Lipinski definition) is 4. The number of nitrogens with zero attached hydrogens (tertiary/aromatic N) is 2. The van der Waals surface area contributed by atoms with Crippen LogP contribution in [-0.4, -0.2) is 14.9 Å². The quantitative estimate of drug-likeness (QED) is 0.570. The maximum Gasteiger partial charge on any atom is 0.274 e. The lowest BCUT2D eigenvalue weighted by molar-refractivity contribution is -0.384. The van der Waals surface area contributed by atoms with Crippen LogP contribution in [0, 0.1) is 10.1 Å². The smallest absolute Gasteiger partial charge is 0.274 e. The number of fused-ring (bicyclic) bond motifs is 1. The van der Waals surface area contributed by atoms with Crippen LogP contribution < -0.4 is 5.56 Å². The molecule has 0 aliphatic carbocycles. The van der Waals surface area contributed by atoms with Gasteiger partial charge in [0.05, 0.1) is 16.0 Å². The first-order valence-corrected chi connectivity index (χ1v) is 5.89. The molecule has 0 amide bonds. The van der Waals surface area contributed by atoms with Gasteiger partial charge < -0.3 is 4.98 Å². The van der Waals surface area contributed by atoms with E-state index < -0.39 is 4.92 Å². The van der Waals surface area contributed by atoms with Crippen molar-refractivity contribution in [2.24, 2.45) is 0 Å². The van der Waals surface area contributed by atoms with Crippen LogP contribution in [0.3, 0.4) is 0 Å². The summed E-state index contributed by atoms with van der Waals surface area (Å²) in [6.45, 7) is 0. The normalized spacial score (nSPS) is 10.6. The molecule has 0 aliphatic rings. The highest BCUT2D eigenvalue weighted by Gasteiger charge is 2.10. The van der Waals surface area contributed by atoms with Crippen molar-refractivity contribution in [2.45, 2.75) is 0 Å². The van der Waals surface area contributed by atoms with Crippen molar-refractivity contribution in [3.8, 4) is 11.3 Å². The highest BCUT2D eigenvalue weighted by Crippen LogP contribution is 2.19. The molecule has 6 nitrogen and oxygen atoms in total. The molecule has 2 aromatic carbocycles. The molecule has 20 heavy (non-hydrogen) atoms. The first kappa shape index (κ1) is 12.0. The second-order valence-electron chi connectivity index (χ2n) is 4.24. The van der Waals surface area contributed by atoms with Gasteiger partial charge in [0.15, 0.2) is 0 Å². The van der Waals surface area contributed by atoms with Crippen LogP contribution in [0.1, 0.15) is 0 Å². The predicted molar refractivity (Wildman–Crippen MR) is 74.5 cm³/mol. The number of hydrogen-bond donors (Lipinski definition) is 1. The van der Waals surface area contributed by atoms with Gasteiger partial charge in [0.25, 0.3) is 11.2 Å². The number of aromatic nitrogens is 2. The number of nitrogens with one attached hydrogen (secondary N) is 1. The number of nitro groups is 1. The number of aromatic amines is 1. The Morgan fingerprint density at radius 2 is 1.85 bits per heavy atom. The topological polar surface area (TPSA) is 88.9 Å². The zero-order valence-electron chi connectivity index (χ0n) is 10.2. The number of H-pyrrole nitrogens is 1. The van der Waals surface area contributed by atoms with E-state index in [0.717, 1.165) is 0 Å². The van der Waals surface area contributed by atoms with Crippen molar-refractivity contribution >= 4 is 16.7 Å². The standard InChI is InChI=1S/C14H9N3O3/c18-14-13(9-4-2-1-3-5-9)15-11-7-6-10(17(19)20)8-12(11)16-14/h1-8H,(H,16,18). The number of benzene rings is 2. The summed E-state index contributed by atoms with van der Waals surface area (Å²) in [5, 5.41) is 10.7. The molecule has 0 saturated carbocycles. The molecular weight excluding hydrogens is 258 g/mol. The fraction of sp³-hybridized carbons (Fsp3) is 0. The summed E-state index contributed by atoms with van der Waals surface area (Å²) >= 11 is 0. The fourth-order valence-corrected chi connectivity index (χ4v) is 1.98. The fourth-order valence-electron chi connectivity index (χ4n) is 1.98. The summed E-state index contributed by atoms with van der Waals surface area (Å²) in [5.74, 6) is 0. The number of non-ortho nitro benzene ring substituents is 1. The van der Waals surface area contributed by atoms with Crippen molar-refractivity contribution in [2.75, 3.05) is 0 Å². The predicted octanol–water partition coefficient (Wildman–Crippen LogP) is 2.50. The molecule has 0 spiro atoms. The second kappa shape index (κ2) is 4.58. The maximum absolute atomic E-state index is 12.0. The molecule has 1 heterocycles. The molecule has 0 unspecified atom stereocenters. The van der Waals surface area contributed by atoms with E-state index in [9.17, 15) is 14.9 Å². The third kappa shape index (κ3) is 2.03. The van der Waals surface area contributed by atoms with Gasteiger partial charge in [-0.1, -0.05) is 30.3 Å². The lowest BCUT2D eigenvalue weighted by atomic mass is 10.1. The van der Waals surface area contributed by atoms with Crippen molar-refractivity contribution in [1.29, 1.82) is 0 Å². The highest BCUT2D eigenvalue weighted by molar-refractivity contribution is 5.79. The van der Waals surface area contributed by atoms with Crippen molar-refractivity contribution in [3.63, 3.8) is 0 Å². The van der Waals surface area contributed by atoms with E-state index >= 15 is 0 Å². The molecule has 0 saturated heterocycles. The van der Waals surface area contributed by atoms with E-state index in [0.29, 0.717) is 22.3 Å². The largest absolute Gasteiger partial charge is 0.319 e. The van der Waals surface area contributed by atoms with E-state index in [1.807, 2.05) is 18.2 Å². The van der Waals surface area contributed by atoms with Gasteiger partial charge in [-0.05, 0) is 6.07 Å². The minimum Gasteiger partial charge on any atom is -0.319 e. The maximum atomic E-state index is 12.0. The molecule has 6 heteroatoms. The van der Waals surface area contributed by atoms with Crippen LogP contribution in [0.2, 0.25) is 0 Å². The Bertz CT molecular complexity index is 856. The van der Waals surface area contributed by atoms with Crippen LogP contribution in [0.15, 0.2) is 53.3 Å². The molecule has 0 fully saturated rings. The van der Waals surface area contributed by atoms with E-state index in [4.69, 9.17) is 0 Å². The number of nitro benzene ring substituents is 1. The van der Waals surface area contributed by atoms with E-state index in [1.54, 1.807) is 12.1 Å². The molecule has 3 aromatic rings. The van der Waals surface area contributed by atoms with Gasteiger partial charge in [-0.3, -0.25) is 14.9 Å². The van der Waals surface area contributed by atoms with Gasteiger partial charge >= 0.3 is 0 Å². The van der Waals surface area contributed by atoms with Crippen molar-refractivity contribution < 1.29 is 4.92 Å². The zero-order valence-corrected chi connectivity index (χ0v) is 10.2. The van der Waals surface area contributed by atoms with Crippen LogP contribution in [0.5, 0.6) is 0 Å². The Balaban J connectivity index is 2.23. The first-order valence-electron chi connectivity index (χ1n) is 5.89. The lowest BCUT2D eigenvalue weighted by Gasteiger charge is -2.02. The Kier molecular flexibility index (Phi) is 2.76. The lowest BCUT2D eigenvalue weighted by Crippen LogP contribution is -2.11. The molecule has 0 bridgehead atoms. The molecule has 1 aromatic heterocycles. The SMILES string of the molecule is O=c1[nH]c2cc([N+](=O)[O-])ccc2nc1-c1ccccc1. The summed E-state index contributed by atoms with van der Waals surface area (Å²) in [4.78, 5) is 29.1. The third-order valence-electron chi connectivity index (χ3n) is 2.93. The van der Waals surface area contributed by atoms with E-state index in [2.05, 4.69) is 9.97 Å². The van der Waals surface area contributed by atoms with Gasteiger partial charge in [0.2, 0.25) is 0 Å². The summed E-state index contributed by atoms with van der Waals surface area (Å²) in [7, 11) is 0. The van der Waals surface area contributed by atoms with E-state index in [-0.39, 0.29) is 11.2 Å². The Morgan fingerprint density at radius 1 is 1.10 bits per heavy atom. The minimum absolute atomic E-state index is 0.0811. The molecular formula is C14H9N3O3. The molecule has 0 aliphatic heterocycles. The Labute approximate surface area is 112 Å².